The predicted octanol–water partition coefficient (Wildman–Crippen LogP) is -5.38. The van der Waals surface area contributed by atoms with Gasteiger partial charge in [0.1, 0.15) is 54.4 Å². The molecule has 0 aliphatic carbocycles. The molecule has 2 aliphatic rings. The number of likely N-dealkylation sites (tertiary alicyclic amines) is 1. The van der Waals surface area contributed by atoms with E-state index in [0.717, 1.165) is 18.2 Å². The van der Waals surface area contributed by atoms with Gasteiger partial charge in [0.2, 0.25) is 53.2 Å². The smallest absolute Gasteiger partial charge is 0.326 e. The number of carboxylic acids is 3. The summed E-state index contributed by atoms with van der Waals surface area (Å²) in [5, 5.41) is 71.1. The number of aliphatic hydroxyl groups excluding tert-OH is 2. The van der Waals surface area contributed by atoms with Gasteiger partial charge in [0.15, 0.2) is 0 Å². The first-order valence-electron chi connectivity index (χ1n) is 23.9. The van der Waals surface area contributed by atoms with E-state index < -0.39 is 169 Å². The topological polar surface area (TPSA) is 444 Å². The molecule has 406 valence electrons. The zero-order valence-corrected chi connectivity index (χ0v) is 41.4. The number of amides is 9. The molecule has 0 aromatic rings. The largest absolute Gasteiger partial charge is 0.481 e. The van der Waals surface area contributed by atoms with Crippen LogP contribution in [0.1, 0.15) is 106 Å². The van der Waals surface area contributed by atoms with Gasteiger partial charge in [0, 0.05) is 13.0 Å². The van der Waals surface area contributed by atoms with Gasteiger partial charge < -0.3 is 84.0 Å². The van der Waals surface area contributed by atoms with E-state index in [-0.39, 0.29) is 38.8 Å². The highest BCUT2D eigenvalue weighted by molar-refractivity contribution is 5.99. The number of nitrogens with zero attached hydrogens (tertiary/aromatic N) is 1. The van der Waals surface area contributed by atoms with Gasteiger partial charge in [0.05, 0.1) is 24.7 Å². The lowest BCUT2D eigenvalue weighted by atomic mass is 10.0. The number of carbonyl (C=O) groups is 12. The number of nitrogens with two attached hydrogens (primary N) is 1. The minimum atomic E-state index is -1.86. The summed E-state index contributed by atoms with van der Waals surface area (Å²) in [6.45, 7) is 8.76. The molecular formula is C44H73N11O17. The van der Waals surface area contributed by atoms with E-state index in [0.29, 0.717) is 19.4 Å². The number of aliphatic hydroxyl groups is 2. The zero-order valence-electron chi connectivity index (χ0n) is 41.4. The van der Waals surface area contributed by atoms with Crippen LogP contribution in [-0.2, 0) is 57.5 Å². The summed E-state index contributed by atoms with van der Waals surface area (Å²) in [5.41, 5.74) is 5.63. The van der Waals surface area contributed by atoms with Crippen molar-refractivity contribution >= 4 is 71.1 Å². The van der Waals surface area contributed by atoms with Crippen LogP contribution in [0.5, 0.6) is 0 Å². The van der Waals surface area contributed by atoms with Gasteiger partial charge in [-0.2, -0.15) is 0 Å². The Morgan fingerprint density at radius 2 is 1.11 bits per heavy atom. The molecule has 28 heteroatoms. The van der Waals surface area contributed by atoms with Crippen molar-refractivity contribution < 1.29 is 83.1 Å². The van der Waals surface area contributed by atoms with Gasteiger partial charge in [0.25, 0.3) is 0 Å². The SMILES string of the molecule is CC(C)[C@H](NC(=O)[C@H](CCC(=O)O)NC(=O)[C@@H](NC(=O)[C@H](CCCCN)NC(=O)[C@H](CC(=O)O)NC(=O)[C@@H]1CCCN1C(=O)[C@H](C)NC(=O)[C@H](C)NC(=O)[C@@H](NC(=O)[C@@H]1CCCN1)[C@@H](C)O)[C@@H](C)O)C(=O)O. The van der Waals surface area contributed by atoms with Crippen molar-refractivity contribution in [2.75, 3.05) is 19.6 Å². The van der Waals surface area contributed by atoms with Crippen molar-refractivity contribution in [2.24, 2.45) is 11.7 Å². The molecule has 0 saturated carbocycles. The van der Waals surface area contributed by atoms with Crippen LogP contribution in [0.2, 0.25) is 0 Å². The quantitative estimate of drug-likeness (QED) is 0.0299. The summed E-state index contributed by atoms with van der Waals surface area (Å²) in [6, 6.07) is -14.1. The second-order valence-corrected chi connectivity index (χ2v) is 18.3. The standard InChI is InChI=1S/C44H73N11O17/c1-20(2)32(44(71)72)52-38(65)27(14-15-30(58)59)50-42(69)34(24(6)57)54-37(64)26(11-7-8-16-45)49-39(66)28(19-31(60)61)51-40(67)29-13-10-18-55(29)43(70)22(4)48-35(62)21(3)47-41(68)33(23(5)56)53-36(63)25-12-9-17-46-25/h20-29,32-34,46,56-57H,7-19,45H2,1-6H3,(H,47,68)(H,48,62)(H,49,66)(H,50,69)(H,51,67)(H,52,65)(H,53,63)(H,54,64)(H,58,59)(H,60,61)(H,71,72)/t21-,22-,23+,24+,25-,26-,27-,28-,29-,32-,33-,34-/m0/s1. The number of aliphatic carboxylic acids is 3. The Bertz CT molecular complexity index is 1960. The molecule has 9 amide bonds. The van der Waals surface area contributed by atoms with Crippen molar-refractivity contribution in [2.45, 2.75) is 178 Å². The van der Waals surface area contributed by atoms with Crippen molar-refractivity contribution in [3.8, 4) is 0 Å². The number of unbranched alkanes of at least 4 members (excludes halogenated alkanes) is 1. The molecule has 0 bridgehead atoms. The highest BCUT2D eigenvalue weighted by Gasteiger charge is 2.40. The van der Waals surface area contributed by atoms with Crippen molar-refractivity contribution in [3.63, 3.8) is 0 Å². The van der Waals surface area contributed by atoms with E-state index in [2.05, 4.69) is 47.9 Å². The summed E-state index contributed by atoms with van der Waals surface area (Å²) in [4.78, 5) is 157. The van der Waals surface area contributed by atoms with Crippen molar-refractivity contribution in [1.82, 2.24) is 52.8 Å². The Hall–Kier alpha value is -6.52. The maximum Gasteiger partial charge on any atom is 0.326 e. The van der Waals surface area contributed by atoms with Crippen LogP contribution in [-0.4, -0.2) is 194 Å². The first-order chi connectivity index (χ1) is 33.7. The summed E-state index contributed by atoms with van der Waals surface area (Å²) in [6.07, 6.45) is -3.26. The number of hydrogen-bond acceptors (Lipinski definition) is 16. The lowest BCUT2D eigenvalue weighted by Crippen LogP contribution is -2.61. The average Bonchev–Trinajstić information content (AvgIpc) is 4.03. The highest BCUT2D eigenvalue weighted by Crippen LogP contribution is 2.19. The molecular weight excluding hydrogens is 955 g/mol. The second kappa shape index (κ2) is 29.7. The van der Waals surface area contributed by atoms with E-state index in [1.54, 1.807) is 0 Å². The molecule has 16 N–H and O–H groups in total. The lowest BCUT2D eigenvalue weighted by Gasteiger charge is -2.30. The lowest BCUT2D eigenvalue weighted by molar-refractivity contribution is -0.144. The molecule has 0 aromatic carbocycles. The van der Waals surface area contributed by atoms with Crippen LogP contribution in [0.3, 0.4) is 0 Å². The average molecular weight is 1030 g/mol. The molecule has 2 heterocycles. The third-order valence-electron chi connectivity index (χ3n) is 11.9. The summed E-state index contributed by atoms with van der Waals surface area (Å²) < 4.78 is 0. The molecule has 0 spiro atoms. The molecule has 72 heavy (non-hydrogen) atoms. The molecule has 0 radical (unpaired) electrons. The fourth-order valence-corrected chi connectivity index (χ4v) is 7.80. The van der Waals surface area contributed by atoms with Gasteiger partial charge in [-0.25, -0.2) is 4.79 Å². The monoisotopic (exact) mass is 1030 g/mol. The normalized spacial score (nSPS) is 19.6. The van der Waals surface area contributed by atoms with Gasteiger partial charge in [-0.05, 0) is 98.1 Å². The third-order valence-corrected chi connectivity index (χ3v) is 11.9. The van der Waals surface area contributed by atoms with E-state index >= 15 is 0 Å². The second-order valence-electron chi connectivity index (χ2n) is 18.3. The summed E-state index contributed by atoms with van der Waals surface area (Å²) in [7, 11) is 0. The third kappa shape index (κ3) is 19.6. The first-order valence-corrected chi connectivity index (χ1v) is 23.9. The Kier molecular flexibility index (Phi) is 25.4. The van der Waals surface area contributed by atoms with E-state index in [1.165, 1.54) is 34.6 Å². The maximum absolute atomic E-state index is 13.8. The summed E-state index contributed by atoms with van der Waals surface area (Å²) >= 11 is 0. The number of hydrogen-bond donors (Lipinski definition) is 15. The Morgan fingerprint density at radius 3 is 1.64 bits per heavy atom. The molecule has 2 fully saturated rings. The first kappa shape index (κ1) is 61.6. The fourth-order valence-electron chi connectivity index (χ4n) is 7.80. The van der Waals surface area contributed by atoms with E-state index in [9.17, 15) is 83.1 Å². The minimum absolute atomic E-state index is 0.0119. The number of carboxylic acid groups (broad SMARTS) is 3. The summed E-state index contributed by atoms with van der Waals surface area (Å²) in [5.74, 6) is -13.4. The maximum atomic E-state index is 13.8. The predicted molar refractivity (Wildman–Crippen MR) is 250 cm³/mol. The molecule has 12 atom stereocenters. The molecule has 28 nitrogen and oxygen atoms in total. The Balaban J connectivity index is 2.21. The van der Waals surface area contributed by atoms with Crippen LogP contribution in [0.25, 0.3) is 0 Å². The van der Waals surface area contributed by atoms with Gasteiger partial charge in [-0.15, -0.1) is 0 Å². The van der Waals surface area contributed by atoms with Crippen LogP contribution < -0.4 is 53.6 Å². The van der Waals surface area contributed by atoms with Crippen LogP contribution in [0.4, 0.5) is 0 Å². The minimum Gasteiger partial charge on any atom is -0.481 e. The van der Waals surface area contributed by atoms with E-state index in [4.69, 9.17) is 5.73 Å². The Morgan fingerprint density at radius 1 is 0.569 bits per heavy atom. The molecule has 0 aromatic heterocycles. The fraction of sp³-hybridized carbons (Fsp3) is 0.727. The van der Waals surface area contributed by atoms with Crippen LogP contribution in [0.15, 0.2) is 0 Å². The highest BCUT2D eigenvalue weighted by atomic mass is 16.4. The zero-order chi connectivity index (χ0) is 54.6. The van der Waals surface area contributed by atoms with Gasteiger partial charge >= 0.3 is 17.9 Å². The van der Waals surface area contributed by atoms with Crippen molar-refractivity contribution in [3.05, 3.63) is 0 Å². The van der Waals surface area contributed by atoms with Crippen LogP contribution >= 0.6 is 0 Å². The van der Waals surface area contributed by atoms with E-state index in [1.807, 2.05) is 0 Å². The Labute approximate surface area is 415 Å². The van der Waals surface area contributed by atoms with Gasteiger partial charge in [-0.3, -0.25) is 52.7 Å². The van der Waals surface area contributed by atoms with Crippen LogP contribution in [0, 0.1) is 5.92 Å². The molecule has 2 saturated heterocycles. The van der Waals surface area contributed by atoms with Crippen molar-refractivity contribution in [1.29, 1.82) is 0 Å². The molecule has 2 rings (SSSR count). The number of carbonyl (C=O) groups excluding carboxylic acids is 9. The molecule has 0 unspecified atom stereocenters. The number of nitrogens with one attached hydrogen (secondary N) is 9. The van der Waals surface area contributed by atoms with Gasteiger partial charge in [-0.1, -0.05) is 13.8 Å². The number of rotatable bonds is 30. The molecule has 2 aliphatic heterocycles.